The average molecular weight is 411 g/mol. The molecule has 0 aromatic heterocycles. The van der Waals surface area contributed by atoms with E-state index in [4.69, 9.17) is 9.47 Å². The molecule has 0 unspecified atom stereocenters. The molecule has 2 heterocycles. The number of carbonyl (C=O) groups is 3. The van der Waals surface area contributed by atoms with E-state index in [0.717, 1.165) is 16.5 Å². The summed E-state index contributed by atoms with van der Waals surface area (Å²) in [5, 5.41) is 11.2. The maximum atomic E-state index is 12.8. The topological polar surface area (TPSA) is 119 Å². The van der Waals surface area contributed by atoms with Crippen molar-refractivity contribution in [1.82, 2.24) is 9.80 Å². The molecule has 0 atom stereocenters. The van der Waals surface area contributed by atoms with Crippen LogP contribution in [-0.4, -0.2) is 52.3 Å². The molecule has 0 radical (unpaired) electrons. The minimum absolute atomic E-state index is 0.0687. The molecule has 3 amide bonds. The van der Waals surface area contributed by atoms with Crippen molar-refractivity contribution in [2.24, 2.45) is 0 Å². The van der Waals surface area contributed by atoms with Crippen LogP contribution in [-0.2, 0) is 11.3 Å². The lowest BCUT2D eigenvalue weighted by Gasteiger charge is -2.23. The minimum Gasteiger partial charge on any atom is -0.454 e. The van der Waals surface area contributed by atoms with Crippen molar-refractivity contribution in [3.05, 3.63) is 63.2 Å². The predicted molar refractivity (Wildman–Crippen MR) is 102 cm³/mol. The second kappa shape index (κ2) is 7.47. The van der Waals surface area contributed by atoms with Gasteiger partial charge in [-0.15, -0.1) is 0 Å². The van der Waals surface area contributed by atoms with Crippen molar-refractivity contribution in [3.8, 4) is 11.5 Å². The summed E-state index contributed by atoms with van der Waals surface area (Å²) >= 11 is 0. The molecule has 30 heavy (non-hydrogen) atoms. The molecular formula is C20H17N3O7. The Morgan fingerprint density at radius 2 is 1.93 bits per heavy atom. The van der Waals surface area contributed by atoms with Gasteiger partial charge in [0.1, 0.15) is 12.1 Å². The zero-order valence-electron chi connectivity index (χ0n) is 16.0. The summed E-state index contributed by atoms with van der Waals surface area (Å²) in [4.78, 5) is 50.8. The van der Waals surface area contributed by atoms with Crippen molar-refractivity contribution >= 4 is 23.4 Å². The van der Waals surface area contributed by atoms with E-state index in [1.807, 2.05) is 0 Å². The largest absolute Gasteiger partial charge is 0.454 e. The molecule has 0 aliphatic carbocycles. The van der Waals surface area contributed by atoms with Crippen molar-refractivity contribution < 1.29 is 28.8 Å². The maximum Gasteiger partial charge on any atom is 0.282 e. The van der Waals surface area contributed by atoms with Gasteiger partial charge in [0.15, 0.2) is 11.5 Å². The zero-order chi connectivity index (χ0) is 21.4. The van der Waals surface area contributed by atoms with Gasteiger partial charge in [0.25, 0.3) is 17.5 Å². The first-order valence-electron chi connectivity index (χ1n) is 9.20. The van der Waals surface area contributed by atoms with Crippen LogP contribution in [0.4, 0.5) is 5.69 Å². The number of imide groups is 1. The Labute approximate surface area is 170 Å². The van der Waals surface area contributed by atoms with E-state index in [9.17, 15) is 24.5 Å². The number of amides is 3. The van der Waals surface area contributed by atoms with Gasteiger partial charge in [-0.1, -0.05) is 12.1 Å². The summed E-state index contributed by atoms with van der Waals surface area (Å²) < 4.78 is 10.6. The second-order valence-corrected chi connectivity index (χ2v) is 6.75. The van der Waals surface area contributed by atoms with Gasteiger partial charge >= 0.3 is 0 Å². The van der Waals surface area contributed by atoms with Gasteiger partial charge in [0.2, 0.25) is 12.7 Å². The quantitative estimate of drug-likeness (QED) is 0.405. The van der Waals surface area contributed by atoms with Crippen LogP contribution in [0.1, 0.15) is 33.2 Å². The Morgan fingerprint density at radius 1 is 1.17 bits per heavy atom. The number of carbonyl (C=O) groups excluding carboxylic acids is 3. The number of likely N-dealkylation sites (N-methyl/N-ethyl adjacent to an activating group) is 1. The molecule has 0 saturated carbocycles. The van der Waals surface area contributed by atoms with Crippen molar-refractivity contribution in [2.45, 2.75) is 13.5 Å². The molecule has 0 spiro atoms. The van der Waals surface area contributed by atoms with Gasteiger partial charge in [0.05, 0.1) is 10.5 Å². The van der Waals surface area contributed by atoms with E-state index in [2.05, 4.69) is 0 Å². The van der Waals surface area contributed by atoms with Crippen LogP contribution in [0.25, 0.3) is 0 Å². The van der Waals surface area contributed by atoms with Crippen LogP contribution in [0, 0.1) is 10.1 Å². The summed E-state index contributed by atoms with van der Waals surface area (Å²) in [7, 11) is 0. The molecule has 2 aliphatic heterocycles. The van der Waals surface area contributed by atoms with Crippen LogP contribution < -0.4 is 9.47 Å². The highest BCUT2D eigenvalue weighted by Crippen LogP contribution is 2.33. The third-order valence-corrected chi connectivity index (χ3v) is 5.01. The number of fused-ring (bicyclic) bond motifs is 2. The fourth-order valence-corrected chi connectivity index (χ4v) is 3.48. The Kier molecular flexibility index (Phi) is 4.82. The van der Waals surface area contributed by atoms with Crippen molar-refractivity contribution in [2.75, 3.05) is 19.9 Å². The number of hydrogen-bond donors (Lipinski definition) is 0. The molecule has 0 saturated heterocycles. The van der Waals surface area contributed by atoms with Gasteiger partial charge in [-0.2, -0.15) is 0 Å². The number of rotatable bonds is 6. The van der Waals surface area contributed by atoms with E-state index < -0.39 is 34.9 Å². The number of nitro groups is 1. The Balaban J connectivity index is 1.51. The SMILES string of the molecule is CCN(Cc1ccc2c(c1)OCO2)C(=O)CN1C(=O)c2cccc([N+](=O)[O-])c2C1=O. The third-order valence-electron chi connectivity index (χ3n) is 5.01. The maximum absolute atomic E-state index is 12.8. The van der Waals surface area contributed by atoms with Crippen LogP contribution in [0.3, 0.4) is 0 Å². The van der Waals surface area contributed by atoms with Crippen LogP contribution in [0.2, 0.25) is 0 Å². The van der Waals surface area contributed by atoms with Crippen LogP contribution in [0.5, 0.6) is 11.5 Å². The standard InChI is InChI=1S/C20H17N3O7/c1-2-21(9-12-6-7-15-16(8-12)30-11-29-15)17(24)10-22-19(25)13-4-3-5-14(23(27)28)18(13)20(22)26/h3-8H,2,9-11H2,1H3. The fraction of sp³-hybridized carbons (Fsp3) is 0.250. The molecule has 0 N–H and O–H groups in total. The van der Waals surface area contributed by atoms with Gasteiger partial charge in [-0.05, 0) is 30.7 Å². The molecule has 0 fully saturated rings. The highest BCUT2D eigenvalue weighted by molar-refractivity contribution is 6.24. The van der Waals surface area contributed by atoms with E-state index >= 15 is 0 Å². The molecule has 2 aromatic carbocycles. The highest BCUT2D eigenvalue weighted by atomic mass is 16.7. The number of hydrogen-bond acceptors (Lipinski definition) is 7. The van der Waals surface area contributed by atoms with Crippen LogP contribution >= 0.6 is 0 Å². The summed E-state index contributed by atoms with van der Waals surface area (Å²) in [6.07, 6.45) is 0. The van der Waals surface area contributed by atoms with E-state index in [-0.39, 0.29) is 24.5 Å². The molecule has 4 rings (SSSR count). The molecule has 10 nitrogen and oxygen atoms in total. The highest BCUT2D eigenvalue weighted by Gasteiger charge is 2.42. The number of nitro benzene ring substituents is 1. The van der Waals surface area contributed by atoms with Gasteiger partial charge in [-0.3, -0.25) is 29.4 Å². The normalized spacial score (nSPS) is 14.1. The van der Waals surface area contributed by atoms with Gasteiger partial charge in [-0.25, -0.2) is 0 Å². The third kappa shape index (κ3) is 3.21. The van der Waals surface area contributed by atoms with E-state index in [0.29, 0.717) is 18.0 Å². The van der Waals surface area contributed by atoms with Crippen LogP contribution in [0.15, 0.2) is 36.4 Å². The van der Waals surface area contributed by atoms with Gasteiger partial charge < -0.3 is 14.4 Å². The fourth-order valence-electron chi connectivity index (χ4n) is 3.48. The summed E-state index contributed by atoms with van der Waals surface area (Å²) in [6.45, 7) is 2.01. The van der Waals surface area contributed by atoms with Crippen molar-refractivity contribution in [1.29, 1.82) is 0 Å². The number of benzene rings is 2. The van der Waals surface area contributed by atoms with Crippen molar-refractivity contribution in [3.63, 3.8) is 0 Å². The Hall–Kier alpha value is -3.95. The summed E-state index contributed by atoms with van der Waals surface area (Å²) in [5.41, 5.74) is 0.000828. The molecule has 154 valence electrons. The molecular weight excluding hydrogens is 394 g/mol. The number of nitrogens with zero attached hydrogens (tertiary/aromatic N) is 3. The first-order chi connectivity index (χ1) is 14.4. The minimum atomic E-state index is -0.838. The van der Waals surface area contributed by atoms with E-state index in [1.54, 1.807) is 25.1 Å². The zero-order valence-corrected chi connectivity index (χ0v) is 16.0. The first-order valence-corrected chi connectivity index (χ1v) is 9.20. The lowest BCUT2D eigenvalue weighted by Crippen LogP contribution is -2.42. The lowest BCUT2D eigenvalue weighted by atomic mass is 10.1. The average Bonchev–Trinajstić information content (AvgIpc) is 3.30. The molecule has 10 heteroatoms. The Morgan fingerprint density at radius 3 is 2.67 bits per heavy atom. The van der Waals surface area contributed by atoms with E-state index in [1.165, 1.54) is 17.0 Å². The monoisotopic (exact) mass is 411 g/mol. The predicted octanol–water partition coefficient (Wildman–Crippen LogP) is 1.97. The number of ether oxygens (including phenoxy) is 2. The molecule has 2 aromatic rings. The smallest absolute Gasteiger partial charge is 0.282 e. The first kappa shape index (κ1) is 19.4. The van der Waals surface area contributed by atoms with Gasteiger partial charge in [0, 0.05) is 19.2 Å². The molecule has 2 aliphatic rings. The molecule has 0 bridgehead atoms. The second-order valence-electron chi connectivity index (χ2n) is 6.75. The lowest BCUT2D eigenvalue weighted by molar-refractivity contribution is -0.385. The summed E-state index contributed by atoms with van der Waals surface area (Å²) in [6, 6.07) is 9.16. The summed E-state index contributed by atoms with van der Waals surface area (Å²) in [5.74, 6) is -0.794. The Bertz CT molecular complexity index is 1080.